The summed E-state index contributed by atoms with van der Waals surface area (Å²) in [6.45, 7) is -0.447. The third-order valence-electron chi connectivity index (χ3n) is 4.52. The molecule has 1 amide bonds. The van der Waals surface area contributed by atoms with Crippen LogP contribution in [0.15, 0.2) is 18.2 Å². The predicted molar refractivity (Wildman–Crippen MR) is 97.9 cm³/mol. The first-order chi connectivity index (χ1) is 11.9. The summed E-state index contributed by atoms with van der Waals surface area (Å²) < 4.78 is 34.7. The molecule has 2 atom stereocenters. The van der Waals surface area contributed by atoms with E-state index in [1.165, 1.54) is 6.07 Å². The molecule has 1 aliphatic carbocycles. The second kappa shape index (κ2) is 10.5. The summed E-state index contributed by atoms with van der Waals surface area (Å²) >= 11 is 0. The van der Waals surface area contributed by atoms with Crippen molar-refractivity contribution in [2.75, 3.05) is 13.7 Å². The molecule has 0 aromatic heterocycles. The van der Waals surface area contributed by atoms with Gasteiger partial charge in [-0.2, -0.15) is 8.78 Å². The highest BCUT2D eigenvalue weighted by Crippen LogP contribution is 2.31. The van der Waals surface area contributed by atoms with Gasteiger partial charge in [0.1, 0.15) is 0 Å². The lowest BCUT2D eigenvalue weighted by molar-refractivity contribution is -0.131. The van der Waals surface area contributed by atoms with Crippen LogP contribution >= 0.6 is 12.4 Å². The smallest absolute Gasteiger partial charge is 0.387 e. The number of nitrogens with two attached hydrogens (primary N) is 1. The number of carbonyl (C=O) groups is 1. The predicted octanol–water partition coefficient (Wildman–Crippen LogP) is 3.58. The summed E-state index contributed by atoms with van der Waals surface area (Å²) in [5.74, 6) is 0.523. The number of alkyl halides is 2. The number of hydrogen-bond acceptors (Lipinski definition) is 4. The van der Waals surface area contributed by atoms with Crippen molar-refractivity contribution >= 4 is 18.3 Å². The number of ether oxygens (including phenoxy) is 2. The van der Waals surface area contributed by atoms with Crippen molar-refractivity contribution in [2.24, 2.45) is 11.7 Å². The Morgan fingerprint density at radius 3 is 2.65 bits per heavy atom. The first-order valence-electron chi connectivity index (χ1n) is 8.60. The topological polar surface area (TPSA) is 64.8 Å². The highest BCUT2D eigenvalue weighted by atomic mass is 35.5. The third kappa shape index (κ3) is 6.29. The number of benzene rings is 1. The standard InChI is InChI=1S/C18H26F2N2O3.ClH/c1-3-24-16-9-12(7-8-15(16)25-18(19)20)11-22(2)17(23)10-13-5-4-6-14(13)21;/h7-9,13-14,18H,3-6,10-11,21H2,1-2H3;1H/t13-,14+;/m0./s1. The van der Waals surface area contributed by atoms with Gasteiger partial charge in [0.25, 0.3) is 0 Å². The van der Waals surface area contributed by atoms with Crippen molar-refractivity contribution in [1.82, 2.24) is 4.90 Å². The van der Waals surface area contributed by atoms with Crippen molar-refractivity contribution in [3.63, 3.8) is 0 Å². The number of nitrogens with zero attached hydrogens (tertiary/aromatic N) is 1. The average Bonchev–Trinajstić information content (AvgIpc) is 2.94. The average molecular weight is 393 g/mol. The monoisotopic (exact) mass is 392 g/mol. The Morgan fingerprint density at radius 1 is 1.35 bits per heavy atom. The quantitative estimate of drug-likeness (QED) is 0.734. The lowest BCUT2D eigenvalue weighted by Crippen LogP contribution is -2.32. The van der Waals surface area contributed by atoms with Gasteiger partial charge in [-0.3, -0.25) is 4.79 Å². The van der Waals surface area contributed by atoms with E-state index in [4.69, 9.17) is 10.5 Å². The molecule has 0 aliphatic heterocycles. The molecule has 26 heavy (non-hydrogen) atoms. The summed E-state index contributed by atoms with van der Waals surface area (Å²) in [6, 6.07) is 4.84. The molecule has 1 aliphatic rings. The lowest BCUT2D eigenvalue weighted by atomic mass is 9.99. The Balaban J connectivity index is 0.00000338. The highest BCUT2D eigenvalue weighted by Gasteiger charge is 2.27. The number of amides is 1. The van der Waals surface area contributed by atoms with Crippen LogP contribution < -0.4 is 15.2 Å². The van der Waals surface area contributed by atoms with Crippen molar-refractivity contribution < 1.29 is 23.0 Å². The SMILES string of the molecule is CCOc1cc(CN(C)C(=O)C[C@@H]2CCC[C@H]2N)ccc1OC(F)F.Cl. The van der Waals surface area contributed by atoms with E-state index in [2.05, 4.69) is 4.74 Å². The molecule has 2 N–H and O–H groups in total. The Labute approximate surface area is 159 Å². The molecule has 1 aromatic carbocycles. The molecule has 0 spiro atoms. The number of rotatable bonds is 8. The van der Waals surface area contributed by atoms with E-state index < -0.39 is 6.61 Å². The molecule has 0 saturated heterocycles. The summed E-state index contributed by atoms with van der Waals surface area (Å²) in [7, 11) is 1.73. The minimum Gasteiger partial charge on any atom is -0.490 e. The number of carbonyl (C=O) groups excluding carboxylic acids is 1. The van der Waals surface area contributed by atoms with Crippen LogP contribution in [0.4, 0.5) is 8.78 Å². The zero-order valence-corrected chi connectivity index (χ0v) is 15.9. The zero-order valence-electron chi connectivity index (χ0n) is 15.1. The molecule has 5 nitrogen and oxygen atoms in total. The summed E-state index contributed by atoms with van der Waals surface area (Å²) in [4.78, 5) is 14.0. The summed E-state index contributed by atoms with van der Waals surface area (Å²) in [6.07, 6.45) is 3.49. The van der Waals surface area contributed by atoms with Crippen LogP contribution in [0.1, 0.15) is 38.2 Å². The molecule has 1 saturated carbocycles. The van der Waals surface area contributed by atoms with E-state index in [1.807, 2.05) is 0 Å². The number of halogens is 3. The van der Waals surface area contributed by atoms with Gasteiger partial charge in [-0.1, -0.05) is 12.5 Å². The molecule has 0 heterocycles. The van der Waals surface area contributed by atoms with Gasteiger partial charge in [0.15, 0.2) is 11.5 Å². The van der Waals surface area contributed by atoms with Gasteiger partial charge in [0.05, 0.1) is 6.61 Å². The molecular formula is C18H27ClF2N2O3. The first-order valence-corrected chi connectivity index (χ1v) is 8.60. The van der Waals surface area contributed by atoms with E-state index in [0.717, 1.165) is 24.8 Å². The molecule has 8 heteroatoms. The fourth-order valence-corrected chi connectivity index (χ4v) is 3.17. The van der Waals surface area contributed by atoms with Crippen LogP contribution in [0, 0.1) is 5.92 Å². The Kier molecular flexibility index (Phi) is 9.08. The second-order valence-electron chi connectivity index (χ2n) is 6.40. The van der Waals surface area contributed by atoms with E-state index in [0.29, 0.717) is 19.6 Å². The molecule has 0 bridgehead atoms. The maximum Gasteiger partial charge on any atom is 0.387 e. The van der Waals surface area contributed by atoms with Crippen molar-refractivity contribution in [3.05, 3.63) is 23.8 Å². The van der Waals surface area contributed by atoms with Gasteiger partial charge in [-0.05, 0) is 43.4 Å². The minimum absolute atomic E-state index is 0. The maximum absolute atomic E-state index is 12.4. The molecule has 1 fully saturated rings. The maximum atomic E-state index is 12.4. The largest absolute Gasteiger partial charge is 0.490 e. The van der Waals surface area contributed by atoms with Crippen LogP contribution in [0.3, 0.4) is 0 Å². The van der Waals surface area contributed by atoms with Crippen LogP contribution in [0.2, 0.25) is 0 Å². The van der Waals surface area contributed by atoms with Crippen LogP contribution in [0.25, 0.3) is 0 Å². The van der Waals surface area contributed by atoms with Gasteiger partial charge in [0, 0.05) is 26.1 Å². The summed E-state index contributed by atoms with van der Waals surface area (Å²) in [5, 5.41) is 0. The molecule has 2 rings (SSSR count). The minimum atomic E-state index is -2.91. The molecule has 0 radical (unpaired) electrons. The highest BCUT2D eigenvalue weighted by molar-refractivity contribution is 5.85. The van der Waals surface area contributed by atoms with Crippen LogP contribution in [-0.2, 0) is 11.3 Å². The Bertz CT molecular complexity index is 590. The van der Waals surface area contributed by atoms with Gasteiger partial charge in [-0.25, -0.2) is 0 Å². The molecular weight excluding hydrogens is 366 g/mol. The lowest BCUT2D eigenvalue weighted by Gasteiger charge is -2.22. The normalized spacial score (nSPS) is 19.2. The van der Waals surface area contributed by atoms with Gasteiger partial charge < -0.3 is 20.1 Å². The first kappa shape index (κ1) is 22.4. The molecule has 0 unspecified atom stereocenters. The van der Waals surface area contributed by atoms with E-state index >= 15 is 0 Å². The fourth-order valence-electron chi connectivity index (χ4n) is 3.17. The Hall–Kier alpha value is -1.60. The summed E-state index contributed by atoms with van der Waals surface area (Å²) in [5.41, 5.74) is 6.82. The third-order valence-corrected chi connectivity index (χ3v) is 4.52. The van der Waals surface area contributed by atoms with Crippen LogP contribution in [0.5, 0.6) is 11.5 Å². The van der Waals surface area contributed by atoms with Gasteiger partial charge in [-0.15, -0.1) is 12.4 Å². The van der Waals surface area contributed by atoms with Crippen molar-refractivity contribution in [2.45, 2.75) is 51.8 Å². The van der Waals surface area contributed by atoms with E-state index in [9.17, 15) is 13.6 Å². The molecule has 1 aromatic rings. The Morgan fingerprint density at radius 2 is 2.08 bits per heavy atom. The second-order valence-corrected chi connectivity index (χ2v) is 6.40. The zero-order chi connectivity index (χ0) is 18.4. The van der Waals surface area contributed by atoms with Gasteiger partial charge >= 0.3 is 6.61 Å². The van der Waals surface area contributed by atoms with Crippen molar-refractivity contribution in [1.29, 1.82) is 0 Å². The van der Waals surface area contributed by atoms with Crippen LogP contribution in [-0.4, -0.2) is 37.1 Å². The van der Waals surface area contributed by atoms with E-state index in [1.54, 1.807) is 31.0 Å². The number of hydrogen-bond donors (Lipinski definition) is 1. The van der Waals surface area contributed by atoms with Gasteiger partial charge in [0.2, 0.25) is 5.91 Å². The fraction of sp³-hybridized carbons (Fsp3) is 0.611. The van der Waals surface area contributed by atoms with Crippen molar-refractivity contribution in [3.8, 4) is 11.5 Å². The van der Waals surface area contributed by atoms with E-state index in [-0.39, 0.29) is 41.8 Å². The molecule has 148 valence electrons.